The van der Waals surface area contributed by atoms with E-state index in [-0.39, 0.29) is 0 Å². The Morgan fingerprint density at radius 1 is 1.39 bits per heavy atom. The number of oxazole rings is 1. The summed E-state index contributed by atoms with van der Waals surface area (Å²) in [5.41, 5.74) is 1.91. The van der Waals surface area contributed by atoms with Crippen LogP contribution in [-0.2, 0) is 6.54 Å². The molecule has 2 rings (SSSR count). The van der Waals surface area contributed by atoms with E-state index in [1.54, 1.807) is 7.11 Å². The smallest absolute Gasteiger partial charge is 0.181 e. The van der Waals surface area contributed by atoms with Crippen LogP contribution in [0.2, 0.25) is 0 Å². The molecule has 0 fully saturated rings. The molecule has 1 aromatic carbocycles. The highest BCUT2D eigenvalue weighted by molar-refractivity contribution is 5.61. The Morgan fingerprint density at radius 2 is 2.28 bits per heavy atom. The number of nitrogens with one attached hydrogen (secondary N) is 1. The molecule has 0 aliphatic rings. The van der Waals surface area contributed by atoms with Gasteiger partial charge in [0.1, 0.15) is 11.4 Å². The molecule has 0 radical (unpaired) electrons. The van der Waals surface area contributed by atoms with Crippen LogP contribution >= 0.6 is 0 Å². The Balaban J connectivity index is 2.19. The van der Waals surface area contributed by atoms with Crippen LogP contribution in [0.25, 0.3) is 11.3 Å². The van der Waals surface area contributed by atoms with Gasteiger partial charge in [-0.05, 0) is 25.1 Å². The Bertz CT molecular complexity index is 494. The number of hydrogen-bond donors (Lipinski definition) is 1. The lowest BCUT2D eigenvalue weighted by Gasteiger charge is -2.04. The van der Waals surface area contributed by atoms with E-state index in [9.17, 15) is 0 Å². The largest absolute Gasteiger partial charge is 0.497 e. The van der Waals surface area contributed by atoms with Crippen molar-refractivity contribution in [3.63, 3.8) is 0 Å². The second-order valence-electron chi connectivity index (χ2n) is 4.04. The summed E-state index contributed by atoms with van der Waals surface area (Å²) in [5, 5.41) is 3.32. The quantitative estimate of drug-likeness (QED) is 0.796. The second kappa shape index (κ2) is 6.21. The predicted molar refractivity (Wildman–Crippen MR) is 70.5 cm³/mol. The summed E-state index contributed by atoms with van der Waals surface area (Å²) in [6, 6.07) is 7.80. The second-order valence-corrected chi connectivity index (χ2v) is 4.04. The number of rotatable bonds is 6. The average molecular weight is 246 g/mol. The summed E-state index contributed by atoms with van der Waals surface area (Å²) in [6.07, 6.45) is 2.59. The molecule has 0 amide bonds. The van der Waals surface area contributed by atoms with Crippen LogP contribution in [0.15, 0.2) is 35.1 Å². The Kier molecular flexibility index (Phi) is 4.36. The molecule has 0 bridgehead atoms. The molecule has 2 aromatic rings. The minimum absolute atomic E-state index is 0.719. The van der Waals surface area contributed by atoms with Gasteiger partial charge in [0.25, 0.3) is 0 Å². The highest BCUT2D eigenvalue weighted by atomic mass is 16.5. The number of methoxy groups -OCH3 is 1. The zero-order valence-corrected chi connectivity index (χ0v) is 10.8. The van der Waals surface area contributed by atoms with E-state index in [0.29, 0.717) is 0 Å². The molecule has 1 heterocycles. The van der Waals surface area contributed by atoms with E-state index in [2.05, 4.69) is 17.2 Å². The maximum absolute atomic E-state index is 5.47. The lowest BCUT2D eigenvalue weighted by atomic mass is 10.1. The zero-order valence-electron chi connectivity index (χ0n) is 10.8. The number of aromatic nitrogens is 1. The van der Waals surface area contributed by atoms with Gasteiger partial charge >= 0.3 is 0 Å². The van der Waals surface area contributed by atoms with Gasteiger partial charge in [-0.25, -0.2) is 4.98 Å². The van der Waals surface area contributed by atoms with Crippen molar-refractivity contribution in [2.45, 2.75) is 19.9 Å². The molecule has 0 aliphatic carbocycles. The van der Waals surface area contributed by atoms with Gasteiger partial charge in [-0.2, -0.15) is 0 Å². The number of hydrogen-bond acceptors (Lipinski definition) is 4. The molecular formula is C14H18N2O2. The predicted octanol–water partition coefficient (Wildman–Crippen LogP) is 2.85. The first-order valence-electron chi connectivity index (χ1n) is 6.12. The van der Waals surface area contributed by atoms with Crippen LogP contribution in [0.5, 0.6) is 5.75 Å². The van der Waals surface area contributed by atoms with Crippen LogP contribution in [0.4, 0.5) is 0 Å². The first-order chi connectivity index (χ1) is 8.85. The van der Waals surface area contributed by atoms with Crippen molar-refractivity contribution in [1.82, 2.24) is 10.3 Å². The third-order valence-electron chi connectivity index (χ3n) is 2.69. The normalized spacial score (nSPS) is 10.6. The van der Waals surface area contributed by atoms with Crippen molar-refractivity contribution < 1.29 is 9.15 Å². The molecule has 4 heteroatoms. The lowest BCUT2D eigenvalue weighted by Crippen LogP contribution is -2.14. The maximum atomic E-state index is 5.47. The van der Waals surface area contributed by atoms with Gasteiger partial charge in [-0.1, -0.05) is 19.1 Å². The third kappa shape index (κ3) is 2.90. The highest BCUT2D eigenvalue weighted by Gasteiger charge is 2.10. The molecule has 0 unspecified atom stereocenters. The van der Waals surface area contributed by atoms with E-state index in [4.69, 9.17) is 9.15 Å². The zero-order chi connectivity index (χ0) is 12.8. The molecule has 18 heavy (non-hydrogen) atoms. The van der Waals surface area contributed by atoms with Crippen LogP contribution in [0, 0.1) is 0 Å². The van der Waals surface area contributed by atoms with Crippen molar-refractivity contribution in [3.8, 4) is 17.1 Å². The summed E-state index contributed by atoms with van der Waals surface area (Å²) in [4.78, 5) is 4.25. The fraction of sp³-hybridized carbons (Fsp3) is 0.357. The summed E-state index contributed by atoms with van der Waals surface area (Å²) in [6.45, 7) is 3.83. The van der Waals surface area contributed by atoms with E-state index in [1.165, 1.54) is 6.39 Å². The van der Waals surface area contributed by atoms with Gasteiger partial charge < -0.3 is 14.5 Å². The Morgan fingerprint density at radius 3 is 3.06 bits per heavy atom. The lowest BCUT2D eigenvalue weighted by molar-refractivity contribution is 0.415. The molecule has 1 aromatic heterocycles. The monoisotopic (exact) mass is 246 g/mol. The van der Waals surface area contributed by atoms with Crippen LogP contribution in [-0.4, -0.2) is 18.6 Å². The number of ether oxygens (including phenoxy) is 1. The molecule has 0 saturated carbocycles. The van der Waals surface area contributed by atoms with E-state index < -0.39 is 0 Å². The van der Waals surface area contributed by atoms with Crippen molar-refractivity contribution in [2.24, 2.45) is 0 Å². The molecule has 0 atom stereocenters. The SMILES string of the molecule is CCCNCc1ncoc1-c1cccc(OC)c1. The van der Waals surface area contributed by atoms with Crippen LogP contribution in [0.1, 0.15) is 19.0 Å². The average Bonchev–Trinajstić information content (AvgIpc) is 2.87. The number of benzene rings is 1. The molecule has 4 nitrogen and oxygen atoms in total. The van der Waals surface area contributed by atoms with Gasteiger partial charge in [0.2, 0.25) is 0 Å². The van der Waals surface area contributed by atoms with Gasteiger partial charge in [-0.3, -0.25) is 0 Å². The Labute approximate surface area is 107 Å². The third-order valence-corrected chi connectivity index (χ3v) is 2.69. The number of nitrogens with zero attached hydrogens (tertiary/aromatic N) is 1. The van der Waals surface area contributed by atoms with Gasteiger partial charge in [0.15, 0.2) is 12.2 Å². The fourth-order valence-electron chi connectivity index (χ4n) is 1.78. The molecular weight excluding hydrogens is 228 g/mol. The molecule has 96 valence electrons. The van der Waals surface area contributed by atoms with Crippen molar-refractivity contribution in [1.29, 1.82) is 0 Å². The highest BCUT2D eigenvalue weighted by Crippen LogP contribution is 2.26. The van der Waals surface area contributed by atoms with Crippen molar-refractivity contribution in [2.75, 3.05) is 13.7 Å². The van der Waals surface area contributed by atoms with Gasteiger partial charge in [-0.15, -0.1) is 0 Å². The van der Waals surface area contributed by atoms with Crippen LogP contribution in [0.3, 0.4) is 0 Å². The topological polar surface area (TPSA) is 47.3 Å². The molecule has 0 spiro atoms. The first-order valence-corrected chi connectivity index (χ1v) is 6.12. The summed E-state index contributed by atoms with van der Waals surface area (Å²) < 4.78 is 10.7. The van der Waals surface area contributed by atoms with Crippen LogP contribution < -0.4 is 10.1 Å². The Hall–Kier alpha value is -1.81. The minimum Gasteiger partial charge on any atom is -0.497 e. The maximum Gasteiger partial charge on any atom is 0.181 e. The summed E-state index contributed by atoms with van der Waals surface area (Å²) in [5.74, 6) is 1.62. The first kappa shape index (κ1) is 12.6. The molecule has 0 saturated heterocycles. The van der Waals surface area contributed by atoms with Gasteiger partial charge in [0, 0.05) is 12.1 Å². The van der Waals surface area contributed by atoms with Crippen molar-refractivity contribution in [3.05, 3.63) is 36.4 Å². The molecule has 0 aliphatic heterocycles. The van der Waals surface area contributed by atoms with Gasteiger partial charge in [0.05, 0.1) is 7.11 Å². The molecule has 1 N–H and O–H groups in total. The standard InChI is InChI=1S/C14H18N2O2/c1-3-7-15-9-13-14(18-10-16-13)11-5-4-6-12(8-11)17-2/h4-6,8,10,15H,3,7,9H2,1-2H3. The minimum atomic E-state index is 0.719. The van der Waals surface area contributed by atoms with E-state index in [1.807, 2.05) is 24.3 Å². The summed E-state index contributed by atoms with van der Waals surface area (Å²) >= 11 is 0. The van der Waals surface area contributed by atoms with Crippen molar-refractivity contribution >= 4 is 0 Å². The fourth-order valence-corrected chi connectivity index (χ4v) is 1.78. The summed E-state index contributed by atoms with van der Waals surface area (Å²) in [7, 11) is 1.66. The van der Waals surface area contributed by atoms with E-state index in [0.717, 1.165) is 42.3 Å². The van der Waals surface area contributed by atoms with E-state index >= 15 is 0 Å².